The number of halogens is 1. The summed E-state index contributed by atoms with van der Waals surface area (Å²) in [7, 11) is 0. The number of carbonyl (C=O) groups excluding carboxylic acids is 1. The molecule has 0 radical (unpaired) electrons. The maximum Gasteiger partial charge on any atom is 0.409 e. The number of nitrogens with one attached hydrogen (secondary N) is 1. The van der Waals surface area contributed by atoms with Crippen molar-refractivity contribution in [2.24, 2.45) is 0 Å². The molecule has 0 aliphatic heterocycles. The van der Waals surface area contributed by atoms with Gasteiger partial charge in [0, 0.05) is 16.6 Å². The van der Waals surface area contributed by atoms with Gasteiger partial charge in [-0.25, -0.2) is 9.65 Å². The summed E-state index contributed by atoms with van der Waals surface area (Å²) in [5.41, 5.74) is 0. The van der Waals surface area contributed by atoms with Crippen LogP contribution in [0.15, 0.2) is 42.5 Å². The Balaban J connectivity index is 2.17. The molecule has 0 saturated heterocycles. The van der Waals surface area contributed by atoms with Crippen LogP contribution in [0.4, 0.5) is 0 Å². The quantitative estimate of drug-likeness (QED) is 0.633. The van der Waals surface area contributed by atoms with Crippen LogP contribution in [-0.4, -0.2) is 18.6 Å². The number of carbonyl (C=O) groups is 1. The molecule has 0 aliphatic carbocycles. The summed E-state index contributed by atoms with van der Waals surface area (Å²) in [6, 6.07) is 12.0. The second kappa shape index (κ2) is 7.14. The first kappa shape index (κ1) is 16.8. The van der Waals surface area contributed by atoms with Gasteiger partial charge in [-0.2, -0.15) is 0 Å². The van der Waals surface area contributed by atoms with Crippen molar-refractivity contribution in [1.29, 1.82) is 0 Å². The molecule has 0 bridgehead atoms. The molecule has 0 amide bonds. The highest BCUT2D eigenvalue weighted by Gasteiger charge is 2.28. The number of fused-ring (bicyclic) bond motifs is 1. The maximum atomic E-state index is 12.4. The van der Waals surface area contributed by atoms with Gasteiger partial charge in [0.05, 0.1) is 6.61 Å². The van der Waals surface area contributed by atoms with Crippen LogP contribution in [0, 0.1) is 0 Å². The first-order chi connectivity index (χ1) is 10.4. The Morgan fingerprint density at radius 3 is 2.68 bits per heavy atom. The minimum atomic E-state index is -3.73. The van der Waals surface area contributed by atoms with Gasteiger partial charge < -0.3 is 9.26 Å². The number of hydrogen-bond acceptors (Lipinski definition) is 4. The van der Waals surface area contributed by atoms with Crippen LogP contribution in [0.25, 0.3) is 10.8 Å². The highest BCUT2D eigenvalue weighted by Crippen LogP contribution is 2.50. The molecule has 0 spiro atoms. The van der Waals surface area contributed by atoms with Crippen molar-refractivity contribution in [3.8, 4) is 5.75 Å². The van der Waals surface area contributed by atoms with E-state index in [-0.39, 0.29) is 6.61 Å². The molecule has 0 unspecified atom stereocenters. The van der Waals surface area contributed by atoms with E-state index in [1.165, 1.54) is 6.92 Å². The van der Waals surface area contributed by atoms with Crippen LogP contribution in [0.5, 0.6) is 5.75 Å². The van der Waals surface area contributed by atoms with E-state index in [0.29, 0.717) is 5.75 Å². The van der Waals surface area contributed by atoms with Crippen LogP contribution in [0.2, 0.25) is 0 Å². The SMILES string of the molecule is CCOC(=O)[C@H](C)N[P@](=O)(Cl)Oc1cccc2ccccc12. The van der Waals surface area contributed by atoms with E-state index in [2.05, 4.69) is 5.09 Å². The Bertz CT molecular complexity index is 716. The van der Waals surface area contributed by atoms with E-state index in [1.807, 2.05) is 30.3 Å². The molecule has 22 heavy (non-hydrogen) atoms. The van der Waals surface area contributed by atoms with Crippen LogP contribution in [-0.2, 0) is 14.1 Å². The van der Waals surface area contributed by atoms with Gasteiger partial charge in [-0.15, -0.1) is 0 Å². The van der Waals surface area contributed by atoms with Crippen LogP contribution >= 0.6 is 18.1 Å². The molecule has 2 atom stereocenters. The first-order valence-corrected chi connectivity index (χ1v) is 9.37. The van der Waals surface area contributed by atoms with Crippen molar-refractivity contribution in [2.45, 2.75) is 19.9 Å². The topological polar surface area (TPSA) is 64.6 Å². The van der Waals surface area contributed by atoms with Gasteiger partial charge in [0.1, 0.15) is 11.8 Å². The highest BCUT2D eigenvalue weighted by molar-refractivity contribution is 7.84. The normalized spacial score (nSPS) is 15.0. The molecular weight excluding hydrogens is 325 g/mol. The zero-order valence-corrected chi connectivity index (χ0v) is 13.9. The molecule has 0 heterocycles. The molecule has 118 valence electrons. The van der Waals surface area contributed by atoms with Gasteiger partial charge >= 0.3 is 12.8 Å². The average molecular weight is 342 g/mol. The van der Waals surface area contributed by atoms with Gasteiger partial charge in [-0.3, -0.25) is 4.79 Å². The molecule has 7 heteroatoms. The predicted octanol–water partition coefficient (Wildman–Crippen LogP) is 4.11. The van der Waals surface area contributed by atoms with E-state index < -0.39 is 18.9 Å². The summed E-state index contributed by atoms with van der Waals surface area (Å²) in [5.74, 6) is -0.148. The summed E-state index contributed by atoms with van der Waals surface area (Å²) in [6.07, 6.45) is 0. The lowest BCUT2D eigenvalue weighted by molar-refractivity contribution is -0.144. The number of ether oxygens (including phenoxy) is 1. The van der Waals surface area contributed by atoms with Gasteiger partial charge in [0.2, 0.25) is 0 Å². The maximum absolute atomic E-state index is 12.4. The molecule has 2 rings (SSSR count). The van der Waals surface area contributed by atoms with E-state index in [4.69, 9.17) is 20.5 Å². The minimum absolute atomic E-state index is 0.238. The lowest BCUT2D eigenvalue weighted by atomic mass is 10.1. The lowest BCUT2D eigenvalue weighted by Crippen LogP contribution is -2.33. The largest absolute Gasteiger partial charge is 0.465 e. The summed E-state index contributed by atoms with van der Waals surface area (Å²) < 4.78 is 22.6. The third-order valence-corrected chi connectivity index (χ3v) is 4.58. The zero-order valence-electron chi connectivity index (χ0n) is 12.3. The van der Waals surface area contributed by atoms with Crippen molar-refractivity contribution in [3.05, 3.63) is 42.5 Å². The Hall–Kier alpha value is -1.55. The second-order valence-corrected chi connectivity index (χ2v) is 7.39. The van der Waals surface area contributed by atoms with Crippen molar-refractivity contribution in [1.82, 2.24) is 5.09 Å². The fraction of sp³-hybridized carbons (Fsp3) is 0.267. The smallest absolute Gasteiger partial charge is 0.409 e. The Labute approximate surface area is 133 Å². The summed E-state index contributed by atoms with van der Waals surface area (Å²) in [6.45, 7) is -0.288. The molecule has 0 fully saturated rings. The summed E-state index contributed by atoms with van der Waals surface area (Å²) >= 11 is 5.92. The van der Waals surface area contributed by atoms with Gasteiger partial charge in [0.25, 0.3) is 0 Å². The summed E-state index contributed by atoms with van der Waals surface area (Å²) in [4.78, 5) is 11.6. The van der Waals surface area contributed by atoms with Gasteiger partial charge in [0.15, 0.2) is 0 Å². The number of rotatable bonds is 6. The Morgan fingerprint density at radius 2 is 1.95 bits per heavy atom. The standard InChI is InChI=1S/C15H17ClNO4P/c1-3-20-15(18)11(2)17-22(16,19)21-14-10-6-8-12-7-4-5-9-13(12)14/h4-11H,3H2,1-2H3,(H,17,19)/t11-,22-/m0/s1. The van der Waals surface area contributed by atoms with E-state index in [1.54, 1.807) is 19.1 Å². The third-order valence-electron chi connectivity index (χ3n) is 2.95. The van der Waals surface area contributed by atoms with Gasteiger partial charge in [-0.05, 0) is 25.3 Å². The fourth-order valence-electron chi connectivity index (χ4n) is 1.98. The molecule has 0 saturated carbocycles. The van der Waals surface area contributed by atoms with Crippen molar-refractivity contribution in [2.75, 3.05) is 6.61 Å². The Morgan fingerprint density at radius 1 is 1.27 bits per heavy atom. The average Bonchev–Trinajstić information content (AvgIpc) is 2.47. The number of hydrogen-bond donors (Lipinski definition) is 1. The molecule has 2 aromatic carbocycles. The molecular formula is C15H17ClNO4P. The predicted molar refractivity (Wildman–Crippen MR) is 87.3 cm³/mol. The summed E-state index contributed by atoms with van der Waals surface area (Å²) in [5, 5.41) is 4.21. The molecule has 1 N–H and O–H groups in total. The second-order valence-electron chi connectivity index (χ2n) is 4.65. The molecule has 0 aliphatic rings. The molecule has 5 nitrogen and oxygen atoms in total. The molecule has 2 aromatic rings. The van der Waals surface area contributed by atoms with E-state index in [9.17, 15) is 9.36 Å². The Kier molecular flexibility index (Phi) is 5.46. The highest BCUT2D eigenvalue weighted by atomic mass is 35.7. The number of esters is 1. The van der Waals surface area contributed by atoms with Crippen molar-refractivity contribution in [3.63, 3.8) is 0 Å². The monoisotopic (exact) mass is 341 g/mol. The van der Waals surface area contributed by atoms with Gasteiger partial charge in [-0.1, -0.05) is 36.4 Å². The van der Waals surface area contributed by atoms with E-state index >= 15 is 0 Å². The fourth-order valence-corrected chi connectivity index (χ4v) is 3.67. The van der Waals surface area contributed by atoms with E-state index in [0.717, 1.165) is 10.8 Å². The molecule has 0 aromatic heterocycles. The first-order valence-electron chi connectivity index (χ1n) is 6.84. The lowest BCUT2D eigenvalue weighted by Gasteiger charge is -2.18. The minimum Gasteiger partial charge on any atom is -0.465 e. The van der Waals surface area contributed by atoms with Crippen molar-refractivity contribution < 1.29 is 18.6 Å². The van der Waals surface area contributed by atoms with Crippen LogP contribution in [0.3, 0.4) is 0 Å². The third kappa shape index (κ3) is 4.23. The zero-order chi connectivity index (χ0) is 16.2. The van der Waals surface area contributed by atoms with Crippen LogP contribution < -0.4 is 9.61 Å². The number of benzene rings is 2. The van der Waals surface area contributed by atoms with Crippen LogP contribution in [0.1, 0.15) is 13.8 Å². The van der Waals surface area contributed by atoms with Crippen molar-refractivity contribution >= 4 is 34.9 Å².